The first-order valence-corrected chi connectivity index (χ1v) is 5.73. The Labute approximate surface area is 114 Å². The average Bonchev–Trinajstić information content (AvgIpc) is 3.11. The number of aromatic nitrogens is 8. The second-order valence-corrected chi connectivity index (χ2v) is 4.08. The van der Waals surface area contributed by atoms with Gasteiger partial charge in [0.15, 0.2) is 7.23 Å². The summed E-state index contributed by atoms with van der Waals surface area (Å²) in [7, 11) is 3.25. The van der Waals surface area contributed by atoms with E-state index < -0.39 is 0 Å². The Hall–Kier alpha value is -2.91. The molecule has 0 fully saturated rings. The summed E-state index contributed by atoms with van der Waals surface area (Å²) in [6.07, 6.45) is 3.00. The van der Waals surface area contributed by atoms with Crippen LogP contribution in [0.2, 0.25) is 1.41 Å². The molecule has 3 heterocycles. The Morgan fingerprint density at radius 2 is 2.30 bits per heavy atom. The van der Waals surface area contributed by atoms with Gasteiger partial charge in [0, 0.05) is 26.4 Å². The summed E-state index contributed by atoms with van der Waals surface area (Å²) < 4.78 is 16.6. The van der Waals surface area contributed by atoms with Crippen molar-refractivity contribution in [1.82, 2.24) is 39.5 Å². The van der Waals surface area contributed by atoms with E-state index in [1.807, 2.05) is 0 Å². The molecule has 0 amide bonds. The Morgan fingerprint density at radius 1 is 1.45 bits per heavy atom. The van der Waals surface area contributed by atoms with Gasteiger partial charge >= 0.3 is 5.69 Å². The maximum Gasteiger partial charge on any atom is 0.369 e. The van der Waals surface area contributed by atoms with E-state index in [9.17, 15) is 4.79 Å². The number of nitrogens with one attached hydrogen (secondary N) is 1. The number of ether oxygens (including phenoxy) is 1. The predicted octanol–water partition coefficient (Wildman–Crippen LogP) is -0.998. The molecule has 20 heavy (non-hydrogen) atoms. The number of tetrazole rings is 1. The molecule has 0 aliphatic heterocycles. The van der Waals surface area contributed by atoms with Gasteiger partial charge in [-0.05, 0) is 10.4 Å². The fraction of sp³-hybridized carbons (Fsp3) is 0.300. The van der Waals surface area contributed by atoms with E-state index in [1.54, 1.807) is 24.0 Å². The zero-order valence-electron chi connectivity index (χ0n) is 11.8. The van der Waals surface area contributed by atoms with Crippen LogP contribution in [0.4, 0.5) is 0 Å². The van der Waals surface area contributed by atoms with Crippen molar-refractivity contribution in [3.63, 3.8) is 0 Å². The fourth-order valence-electron chi connectivity index (χ4n) is 1.73. The molecule has 0 atom stereocenters. The molecular weight excluding hydrogens is 264 g/mol. The molecular formula is C10H12N8O2. The van der Waals surface area contributed by atoms with Crippen molar-refractivity contribution in [2.45, 2.75) is 6.61 Å². The monoisotopic (exact) mass is 278 g/mol. The summed E-state index contributed by atoms with van der Waals surface area (Å²) in [6, 6.07) is 1.56. The molecule has 0 aromatic carbocycles. The van der Waals surface area contributed by atoms with Crippen molar-refractivity contribution < 1.29 is 6.15 Å². The lowest BCUT2D eigenvalue weighted by atomic mass is 10.4. The number of imidazole rings is 1. The van der Waals surface area contributed by atoms with E-state index in [-0.39, 0.29) is 12.3 Å². The van der Waals surface area contributed by atoms with Crippen molar-refractivity contribution >= 4 is 0 Å². The third-order valence-corrected chi connectivity index (χ3v) is 2.70. The number of aromatic amines is 1. The molecule has 0 aliphatic carbocycles. The van der Waals surface area contributed by atoms with Gasteiger partial charge in [0.25, 0.3) is 0 Å². The summed E-state index contributed by atoms with van der Waals surface area (Å²) in [4.78, 5) is 16.1. The highest BCUT2D eigenvalue weighted by molar-refractivity contribution is 5.28. The summed E-state index contributed by atoms with van der Waals surface area (Å²) in [6.45, 7) is 0.0935. The number of aryl methyl sites for hydroxylation is 2. The van der Waals surface area contributed by atoms with Gasteiger partial charge in [-0.2, -0.15) is 4.68 Å². The minimum absolute atomic E-state index is 0.0935. The van der Waals surface area contributed by atoms with E-state index >= 15 is 0 Å². The Morgan fingerprint density at radius 3 is 2.95 bits per heavy atom. The van der Waals surface area contributed by atoms with Gasteiger partial charge in [0.1, 0.15) is 12.3 Å². The molecule has 0 radical (unpaired) electrons. The lowest BCUT2D eigenvalue weighted by Gasteiger charge is -2.04. The first-order valence-electron chi connectivity index (χ1n) is 6.18. The van der Waals surface area contributed by atoms with Gasteiger partial charge in [-0.1, -0.05) is 0 Å². The smallest absolute Gasteiger partial charge is 0.369 e. The van der Waals surface area contributed by atoms with Crippen LogP contribution in [0.5, 0.6) is 5.88 Å². The number of hydrogen-bond acceptors (Lipinski definition) is 6. The van der Waals surface area contributed by atoms with Gasteiger partial charge in [-0.15, -0.1) is 9.78 Å². The number of H-pyrrole nitrogens is 1. The second kappa shape index (κ2) is 4.64. The second-order valence-electron chi connectivity index (χ2n) is 4.08. The molecule has 3 aromatic heterocycles. The van der Waals surface area contributed by atoms with Gasteiger partial charge in [-0.3, -0.25) is 5.09 Å². The molecule has 1 N–H and O–H groups in total. The number of hydrogen-bond donors (Lipinski definition) is 1. The quantitative estimate of drug-likeness (QED) is 0.656. The maximum atomic E-state index is 11.9. The van der Waals surface area contributed by atoms with E-state index in [0.29, 0.717) is 17.4 Å². The van der Waals surface area contributed by atoms with Crippen LogP contribution in [0.1, 0.15) is 5.69 Å². The topological polar surface area (TPSA) is 108 Å². The largest absolute Gasteiger partial charge is 0.470 e. The van der Waals surface area contributed by atoms with Gasteiger partial charge in [0.05, 0.1) is 6.33 Å². The van der Waals surface area contributed by atoms with Crippen LogP contribution in [-0.4, -0.2) is 39.5 Å². The molecule has 3 aromatic rings. The molecule has 0 unspecified atom stereocenters. The molecule has 0 spiro atoms. The van der Waals surface area contributed by atoms with Gasteiger partial charge in [0.2, 0.25) is 5.88 Å². The Balaban J connectivity index is 1.90. The van der Waals surface area contributed by atoms with Crippen molar-refractivity contribution in [3.8, 4) is 11.7 Å². The van der Waals surface area contributed by atoms with Crippen LogP contribution < -0.4 is 10.4 Å². The van der Waals surface area contributed by atoms with Crippen LogP contribution in [0.15, 0.2) is 23.4 Å². The van der Waals surface area contributed by atoms with E-state index in [2.05, 4.69) is 20.5 Å². The van der Waals surface area contributed by atoms with Crippen LogP contribution in [-0.2, 0) is 20.7 Å². The van der Waals surface area contributed by atoms with Crippen LogP contribution in [0.3, 0.4) is 0 Å². The highest BCUT2D eigenvalue weighted by Gasteiger charge is 2.16. The molecule has 0 bridgehead atoms. The zero-order valence-corrected chi connectivity index (χ0v) is 10.8. The van der Waals surface area contributed by atoms with Crippen molar-refractivity contribution in [2.75, 3.05) is 0 Å². The molecule has 3 rings (SSSR count). The van der Waals surface area contributed by atoms with E-state index in [1.165, 1.54) is 13.2 Å². The number of rotatable bonds is 4. The van der Waals surface area contributed by atoms with Gasteiger partial charge in [-0.25, -0.2) is 9.78 Å². The highest BCUT2D eigenvalue weighted by atomic mass is 16.5. The fourth-order valence-corrected chi connectivity index (χ4v) is 1.73. The minimum Gasteiger partial charge on any atom is -0.470 e. The lowest BCUT2D eigenvalue weighted by molar-refractivity contribution is 0.288. The van der Waals surface area contributed by atoms with E-state index in [0.717, 1.165) is 14.5 Å². The van der Waals surface area contributed by atoms with Crippen LogP contribution in [0, 0.1) is 0 Å². The molecule has 104 valence electrons. The predicted molar refractivity (Wildman–Crippen MR) is 66.3 cm³/mol. The van der Waals surface area contributed by atoms with Crippen LogP contribution >= 0.6 is 0 Å². The third-order valence-electron chi connectivity index (χ3n) is 2.70. The molecule has 0 aliphatic rings. The third kappa shape index (κ3) is 1.96. The van der Waals surface area contributed by atoms with Crippen molar-refractivity contribution in [3.05, 3.63) is 34.8 Å². The molecule has 10 heteroatoms. The van der Waals surface area contributed by atoms with Gasteiger partial charge < -0.3 is 9.30 Å². The number of nitrogens with zero attached hydrogens (tertiary/aromatic N) is 7. The molecule has 10 nitrogen and oxygen atoms in total. The summed E-state index contributed by atoms with van der Waals surface area (Å²) >= 11 is 0. The first kappa shape index (κ1) is 11.0. The van der Waals surface area contributed by atoms with Crippen molar-refractivity contribution in [2.24, 2.45) is 14.1 Å². The summed E-state index contributed by atoms with van der Waals surface area (Å²) in [5.41, 5.74) is 0.134. The van der Waals surface area contributed by atoms with Crippen LogP contribution in [0.25, 0.3) is 5.82 Å². The molecule has 0 saturated carbocycles. The normalized spacial score (nSPS) is 11.6. The van der Waals surface area contributed by atoms with Crippen molar-refractivity contribution in [1.29, 1.82) is 0 Å². The Bertz CT molecular complexity index is 828. The first-order chi connectivity index (χ1) is 10.1. The SMILES string of the molecule is [3H]n1ccc(OCc2ncn(C)c2-n2nnn(C)c2=O)n1. The highest BCUT2D eigenvalue weighted by Crippen LogP contribution is 2.12. The molecule has 0 saturated heterocycles. The summed E-state index contributed by atoms with van der Waals surface area (Å²) in [5, 5.41) is 12.1. The lowest BCUT2D eigenvalue weighted by Crippen LogP contribution is -2.24. The standard InChI is InChI=1S/C10H12N8O2/c1-16-6-11-7(5-20-8-3-4-12-13-8)9(16)18-10(19)17(2)14-15-18/h3-4,6H,5H2,1-2H3,(H,12,13)/i/hT. The maximum absolute atomic E-state index is 11.9. The van der Waals surface area contributed by atoms with E-state index in [4.69, 9.17) is 6.15 Å². The average molecular weight is 278 g/mol. The Kier molecular flexibility index (Phi) is 2.55. The summed E-state index contributed by atoms with van der Waals surface area (Å²) in [5.74, 6) is 0.770. The zero-order chi connectivity index (χ0) is 15.0. The minimum atomic E-state index is -0.379.